The van der Waals surface area contributed by atoms with E-state index in [-0.39, 0.29) is 17.2 Å². The van der Waals surface area contributed by atoms with Gasteiger partial charge in [-0.15, -0.1) is 0 Å². The molecule has 2 aromatic heterocycles. The first-order valence-corrected chi connectivity index (χ1v) is 9.96. The number of benzene rings is 2. The molecule has 0 aliphatic heterocycles. The fraction of sp³-hybridized carbons (Fsp3) is 0.105. The zero-order chi connectivity index (χ0) is 19.0. The first-order chi connectivity index (χ1) is 13.0. The van der Waals surface area contributed by atoms with Gasteiger partial charge in [0.2, 0.25) is 5.91 Å². The molecule has 6 nitrogen and oxygen atoms in total. The molecule has 1 amide bonds. The van der Waals surface area contributed by atoms with E-state index in [0.717, 1.165) is 21.1 Å². The number of nitrogens with one attached hydrogen (secondary N) is 2. The van der Waals surface area contributed by atoms with Gasteiger partial charge in [0.1, 0.15) is 11.0 Å². The first kappa shape index (κ1) is 17.8. The normalized spacial score (nSPS) is 11.2. The van der Waals surface area contributed by atoms with Crippen molar-refractivity contribution < 1.29 is 4.79 Å². The summed E-state index contributed by atoms with van der Waals surface area (Å²) in [5.41, 5.74) is 2.53. The third-order valence-corrected chi connectivity index (χ3v) is 5.71. The number of anilines is 1. The highest BCUT2D eigenvalue weighted by molar-refractivity contribution is 9.10. The van der Waals surface area contributed by atoms with Crippen molar-refractivity contribution >= 4 is 61.2 Å². The molecule has 0 saturated carbocycles. The number of halogens is 1. The van der Waals surface area contributed by atoms with Crippen LogP contribution < -0.4 is 10.9 Å². The molecule has 0 aliphatic carbocycles. The lowest BCUT2D eigenvalue weighted by Gasteiger charge is -2.08. The monoisotopic (exact) mass is 442 g/mol. The van der Waals surface area contributed by atoms with Crippen molar-refractivity contribution in [2.75, 3.05) is 11.1 Å². The highest BCUT2D eigenvalue weighted by atomic mass is 79.9. The van der Waals surface area contributed by atoms with Crippen LogP contribution in [0, 0.1) is 0 Å². The van der Waals surface area contributed by atoms with Crippen molar-refractivity contribution in [3.05, 3.63) is 63.4 Å². The number of fused-ring (bicyclic) bond motifs is 3. The Labute approximate surface area is 167 Å². The number of hydrogen-bond acceptors (Lipinski definition) is 4. The quantitative estimate of drug-likeness (QED) is 0.370. The van der Waals surface area contributed by atoms with Crippen LogP contribution >= 0.6 is 27.7 Å². The summed E-state index contributed by atoms with van der Waals surface area (Å²) in [5, 5.41) is 4.23. The molecular weight excluding hydrogens is 428 g/mol. The average molecular weight is 443 g/mol. The molecule has 4 aromatic rings. The Bertz CT molecular complexity index is 1210. The second-order valence-electron chi connectivity index (χ2n) is 6.00. The second kappa shape index (κ2) is 7.21. The first-order valence-electron chi connectivity index (χ1n) is 8.18. The van der Waals surface area contributed by atoms with Crippen molar-refractivity contribution in [1.82, 2.24) is 14.5 Å². The number of aromatic amines is 1. The molecule has 8 heteroatoms. The molecule has 0 atom stereocenters. The summed E-state index contributed by atoms with van der Waals surface area (Å²) >= 11 is 4.60. The van der Waals surface area contributed by atoms with Crippen LogP contribution in [0.5, 0.6) is 0 Å². The fourth-order valence-electron chi connectivity index (χ4n) is 2.81. The molecule has 0 unspecified atom stereocenters. The molecule has 2 aromatic carbocycles. The van der Waals surface area contributed by atoms with Gasteiger partial charge >= 0.3 is 0 Å². The summed E-state index contributed by atoms with van der Waals surface area (Å²) < 4.78 is 2.41. The molecule has 0 radical (unpaired) electrons. The van der Waals surface area contributed by atoms with E-state index < -0.39 is 0 Å². The van der Waals surface area contributed by atoms with Crippen LogP contribution in [-0.4, -0.2) is 26.2 Å². The Morgan fingerprint density at radius 3 is 2.74 bits per heavy atom. The van der Waals surface area contributed by atoms with E-state index in [9.17, 15) is 9.59 Å². The summed E-state index contributed by atoms with van der Waals surface area (Å²) in [7, 11) is 1.66. The molecule has 0 fully saturated rings. The largest absolute Gasteiger partial charge is 0.349 e. The van der Waals surface area contributed by atoms with Crippen molar-refractivity contribution in [1.29, 1.82) is 0 Å². The van der Waals surface area contributed by atoms with E-state index in [4.69, 9.17) is 0 Å². The van der Waals surface area contributed by atoms with Gasteiger partial charge in [-0.25, -0.2) is 4.98 Å². The molecule has 4 rings (SSSR count). The summed E-state index contributed by atoms with van der Waals surface area (Å²) in [4.78, 5) is 32.6. The molecule has 0 saturated heterocycles. The lowest BCUT2D eigenvalue weighted by molar-refractivity contribution is -0.113. The molecular formula is C19H15BrN4O2S. The van der Waals surface area contributed by atoms with E-state index in [1.54, 1.807) is 7.05 Å². The van der Waals surface area contributed by atoms with Crippen LogP contribution in [0.25, 0.3) is 21.9 Å². The SMILES string of the molecule is Cn1c(SCC(=O)Nc2ccc(Br)cc2)nc2c([nH]c3ccccc32)c1=O. The predicted molar refractivity (Wildman–Crippen MR) is 112 cm³/mol. The number of thioether (sulfide) groups is 1. The van der Waals surface area contributed by atoms with Gasteiger partial charge in [-0.1, -0.05) is 45.9 Å². The third-order valence-electron chi connectivity index (χ3n) is 4.15. The summed E-state index contributed by atoms with van der Waals surface area (Å²) in [6.07, 6.45) is 0. The number of rotatable bonds is 4. The summed E-state index contributed by atoms with van der Waals surface area (Å²) in [5.74, 6) is 0.0000939. The minimum Gasteiger partial charge on any atom is -0.349 e. The van der Waals surface area contributed by atoms with Gasteiger partial charge in [0.15, 0.2) is 5.16 Å². The van der Waals surface area contributed by atoms with Gasteiger partial charge in [-0.05, 0) is 30.3 Å². The van der Waals surface area contributed by atoms with Crippen LogP contribution in [0.15, 0.2) is 63.0 Å². The van der Waals surface area contributed by atoms with Gasteiger partial charge in [-0.2, -0.15) is 0 Å². The average Bonchev–Trinajstić information content (AvgIpc) is 3.04. The number of nitrogens with zero attached hydrogens (tertiary/aromatic N) is 2. The molecule has 2 N–H and O–H groups in total. The zero-order valence-corrected chi connectivity index (χ0v) is 16.7. The Morgan fingerprint density at radius 2 is 1.96 bits per heavy atom. The molecule has 0 bridgehead atoms. The number of para-hydroxylation sites is 1. The lowest BCUT2D eigenvalue weighted by atomic mass is 10.2. The number of amides is 1. The Balaban J connectivity index is 1.59. The maximum Gasteiger partial charge on any atom is 0.278 e. The molecule has 136 valence electrons. The molecule has 0 spiro atoms. The van der Waals surface area contributed by atoms with Gasteiger partial charge < -0.3 is 10.3 Å². The highest BCUT2D eigenvalue weighted by Gasteiger charge is 2.14. The van der Waals surface area contributed by atoms with E-state index in [1.165, 1.54) is 16.3 Å². The number of carbonyl (C=O) groups excluding carboxylic acids is 1. The maximum atomic E-state index is 12.7. The number of H-pyrrole nitrogens is 1. The molecule has 2 heterocycles. The zero-order valence-electron chi connectivity index (χ0n) is 14.3. The van der Waals surface area contributed by atoms with Crippen LogP contribution in [0.2, 0.25) is 0 Å². The van der Waals surface area contributed by atoms with Crippen molar-refractivity contribution in [3.63, 3.8) is 0 Å². The third kappa shape index (κ3) is 3.50. The highest BCUT2D eigenvalue weighted by Crippen LogP contribution is 2.24. The van der Waals surface area contributed by atoms with E-state index in [0.29, 0.717) is 16.2 Å². The number of aromatic nitrogens is 3. The minimum atomic E-state index is -0.160. The standard InChI is InChI=1S/C19H15BrN4O2S/c1-24-18(26)17-16(13-4-2-3-5-14(13)22-17)23-19(24)27-10-15(25)21-12-8-6-11(20)7-9-12/h2-9,22H,10H2,1H3,(H,21,25). The van der Waals surface area contributed by atoms with Crippen LogP contribution in [0.1, 0.15) is 0 Å². The molecule has 0 aliphatic rings. The second-order valence-corrected chi connectivity index (χ2v) is 7.85. The fourth-order valence-corrected chi connectivity index (χ4v) is 3.84. The van der Waals surface area contributed by atoms with Gasteiger partial charge in [0, 0.05) is 28.1 Å². The maximum absolute atomic E-state index is 12.7. The van der Waals surface area contributed by atoms with Gasteiger partial charge in [0.05, 0.1) is 5.75 Å². The van der Waals surface area contributed by atoms with Gasteiger partial charge in [0.25, 0.3) is 5.56 Å². The smallest absolute Gasteiger partial charge is 0.278 e. The van der Waals surface area contributed by atoms with E-state index in [1.807, 2.05) is 48.5 Å². The Kier molecular flexibility index (Phi) is 4.75. The van der Waals surface area contributed by atoms with Crippen LogP contribution in [0.3, 0.4) is 0 Å². The van der Waals surface area contributed by atoms with E-state index >= 15 is 0 Å². The van der Waals surface area contributed by atoms with Crippen LogP contribution in [-0.2, 0) is 11.8 Å². The number of hydrogen-bond donors (Lipinski definition) is 2. The minimum absolute atomic E-state index is 0.157. The Hall–Kier alpha value is -2.58. The van der Waals surface area contributed by atoms with Crippen molar-refractivity contribution in [2.45, 2.75) is 5.16 Å². The molecule has 27 heavy (non-hydrogen) atoms. The lowest BCUT2D eigenvalue weighted by Crippen LogP contribution is -2.21. The van der Waals surface area contributed by atoms with Crippen LogP contribution in [0.4, 0.5) is 5.69 Å². The topological polar surface area (TPSA) is 79.8 Å². The summed E-state index contributed by atoms with van der Waals surface area (Å²) in [6.45, 7) is 0. The van der Waals surface area contributed by atoms with Crippen molar-refractivity contribution in [2.24, 2.45) is 7.05 Å². The van der Waals surface area contributed by atoms with Crippen molar-refractivity contribution in [3.8, 4) is 0 Å². The number of carbonyl (C=O) groups is 1. The van der Waals surface area contributed by atoms with Gasteiger partial charge in [-0.3, -0.25) is 14.2 Å². The summed E-state index contributed by atoms with van der Waals surface area (Å²) in [6, 6.07) is 15.0. The predicted octanol–water partition coefficient (Wildman–Crippen LogP) is 3.91. The van der Waals surface area contributed by atoms with E-state index in [2.05, 4.69) is 31.2 Å². The Morgan fingerprint density at radius 1 is 1.22 bits per heavy atom.